The Labute approximate surface area is 267 Å². The number of carbonyl (C=O) groups excluding carboxylic acids is 1. The number of phenols is 1. The molecule has 16 nitrogen and oxygen atoms in total. The molecule has 1 aromatic heterocycles. The van der Waals surface area contributed by atoms with Crippen molar-refractivity contribution in [3.8, 4) is 34.3 Å². The lowest BCUT2D eigenvalue weighted by atomic mass is 9.98. The number of aromatic hydroxyl groups is 1. The quantitative estimate of drug-likeness (QED) is 0.162. The molecule has 2 aliphatic heterocycles. The van der Waals surface area contributed by atoms with Gasteiger partial charge in [-0.25, -0.2) is 0 Å². The third-order valence-electron chi connectivity index (χ3n) is 7.91. The number of rotatable bonds is 9. The highest BCUT2D eigenvalue weighted by atomic mass is 16.7. The number of methoxy groups -OCH3 is 2. The summed E-state index contributed by atoms with van der Waals surface area (Å²) in [6.07, 6.45) is -15.2. The molecule has 256 valence electrons. The van der Waals surface area contributed by atoms with Crippen LogP contribution in [0, 0.1) is 0 Å². The predicted molar refractivity (Wildman–Crippen MR) is 158 cm³/mol. The first-order valence-electron chi connectivity index (χ1n) is 14.5. The lowest BCUT2D eigenvalue weighted by Crippen LogP contribution is -2.62. The molecule has 3 heterocycles. The van der Waals surface area contributed by atoms with Crippen molar-refractivity contribution in [1.82, 2.24) is 0 Å². The number of carbonyl (C=O) groups is 1. The lowest BCUT2D eigenvalue weighted by Gasteiger charge is -2.43. The molecule has 2 fully saturated rings. The van der Waals surface area contributed by atoms with E-state index < -0.39 is 85.2 Å². The van der Waals surface area contributed by atoms with E-state index in [1.165, 1.54) is 33.3 Å². The van der Waals surface area contributed by atoms with Crippen molar-refractivity contribution in [3.63, 3.8) is 0 Å². The summed E-state index contributed by atoms with van der Waals surface area (Å²) < 4.78 is 44.0. The zero-order chi connectivity index (χ0) is 34.2. The van der Waals surface area contributed by atoms with Gasteiger partial charge < -0.3 is 68.2 Å². The number of ether oxygens (including phenoxy) is 7. The third-order valence-corrected chi connectivity index (χ3v) is 7.91. The van der Waals surface area contributed by atoms with Crippen molar-refractivity contribution in [2.24, 2.45) is 0 Å². The number of esters is 1. The molecule has 6 N–H and O–H groups in total. The second-order valence-electron chi connectivity index (χ2n) is 11.1. The normalized spacial score (nSPS) is 30.9. The Morgan fingerprint density at radius 2 is 1.55 bits per heavy atom. The SMILES string of the molecule is COc1ccc(-c2cc(=O)c3c(O)c(OC)c(O[C@H]4O[C@@H](CO[C@@H]5O[C@H](C)[C@@H](OC(C)=O)[C@@H](O)[C@@H]5O)[C@H](O)[C@@H](O)[C@@H]4O)cc3o2)cc1. The molecular formula is C31H36O16. The van der Waals surface area contributed by atoms with Gasteiger partial charge in [0.25, 0.3) is 0 Å². The van der Waals surface area contributed by atoms with Gasteiger partial charge in [0, 0.05) is 24.6 Å². The van der Waals surface area contributed by atoms with Crippen molar-refractivity contribution < 1.29 is 73.0 Å². The van der Waals surface area contributed by atoms with Crippen molar-refractivity contribution in [2.45, 2.75) is 75.3 Å². The number of aliphatic hydroxyl groups excluding tert-OH is 5. The van der Waals surface area contributed by atoms with E-state index in [9.17, 15) is 40.2 Å². The average Bonchev–Trinajstić information content (AvgIpc) is 3.04. The van der Waals surface area contributed by atoms with Gasteiger partial charge in [-0.3, -0.25) is 9.59 Å². The Balaban J connectivity index is 1.37. The van der Waals surface area contributed by atoms with E-state index in [4.69, 9.17) is 37.6 Å². The first-order valence-corrected chi connectivity index (χ1v) is 14.5. The lowest BCUT2D eigenvalue weighted by molar-refractivity contribution is -0.319. The number of hydrogen-bond acceptors (Lipinski definition) is 16. The van der Waals surface area contributed by atoms with Gasteiger partial charge in [-0.2, -0.15) is 0 Å². The van der Waals surface area contributed by atoms with Gasteiger partial charge in [0.2, 0.25) is 12.0 Å². The van der Waals surface area contributed by atoms with Crippen molar-refractivity contribution in [1.29, 1.82) is 0 Å². The van der Waals surface area contributed by atoms with Gasteiger partial charge in [-0.1, -0.05) is 0 Å². The zero-order valence-electron chi connectivity index (χ0n) is 25.7. The second-order valence-corrected chi connectivity index (χ2v) is 11.1. The minimum Gasteiger partial charge on any atom is -0.504 e. The summed E-state index contributed by atoms with van der Waals surface area (Å²) in [5.74, 6) is -1.13. The molecule has 0 amide bonds. The molecule has 0 unspecified atom stereocenters. The second kappa shape index (κ2) is 14.0. The molecule has 0 spiro atoms. The molecule has 0 aliphatic carbocycles. The average molecular weight is 665 g/mol. The Bertz CT molecular complexity index is 1620. The van der Waals surface area contributed by atoms with Gasteiger partial charge in [0.1, 0.15) is 59.1 Å². The largest absolute Gasteiger partial charge is 0.504 e. The molecule has 5 rings (SSSR count). The molecule has 2 saturated heterocycles. The van der Waals surface area contributed by atoms with Crippen LogP contribution >= 0.6 is 0 Å². The van der Waals surface area contributed by atoms with E-state index in [0.29, 0.717) is 11.3 Å². The Kier molecular flexibility index (Phi) is 10.2. The molecule has 0 saturated carbocycles. The highest BCUT2D eigenvalue weighted by molar-refractivity contribution is 5.89. The van der Waals surface area contributed by atoms with Crippen molar-refractivity contribution in [2.75, 3.05) is 20.8 Å². The zero-order valence-corrected chi connectivity index (χ0v) is 25.7. The fourth-order valence-electron chi connectivity index (χ4n) is 5.41. The van der Waals surface area contributed by atoms with E-state index in [1.54, 1.807) is 24.3 Å². The van der Waals surface area contributed by atoms with Crippen LogP contribution in [0.4, 0.5) is 0 Å². The molecule has 0 bridgehead atoms. The maximum atomic E-state index is 13.0. The molecule has 47 heavy (non-hydrogen) atoms. The topological polar surface area (TPSA) is 233 Å². The van der Waals surface area contributed by atoms with Crippen molar-refractivity contribution >= 4 is 16.9 Å². The minimum absolute atomic E-state index is 0.106. The summed E-state index contributed by atoms with van der Waals surface area (Å²) in [6, 6.07) is 9.11. The van der Waals surface area contributed by atoms with Gasteiger partial charge >= 0.3 is 5.97 Å². The maximum absolute atomic E-state index is 13.0. The number of phenolic OH excluding ortho intramolecular Hbond substituents is 1. The number of fused-ring (bicyclic) bond motifs is 1. The highest BCUT2D eigenvalue weighted by Crippen LogP contribution is 2.43. The van der Waals surface area contributed by atoms with Crippen LogP contribution in [0.3, 0.4) is 0 Å². The van der Waals surface area contributed by atoms with Crippen LogP contribution in [0.15, 0.2) is 45.6 Å². The standard InChI is InChI=1S/C31H36O16/c1-12-28(44-13(2)32)25(37)27(39)30(43-12)42-11-20-22(34)24(36)26(38)31(47-20)46-19-10-18-21(23(35)29(19)41-4)16(33)9-17(45-18)14-5-7-15(40-3)8-6-14/h5-10,12,20,22,24-28,30-31,34-39H,11H2,1-4H3/t12-,20+,22+,24-,25+,26+,27+,28-,30-,31+/m1/s1. The first-order chi connectivity index (χ1) is 22.3. The molecule has 10 atom stereocenters. The van der Waals surface area contributed by atoms with Crippen LogP contribution in [0.1, 0.15) is 13.8 Å². The summed E-state index contributed by atoms with van der Waals surface area (Å²) >= 11 is 0. The summed E-state index contributed by atoms with van der Waals surface area (Å²) in [7, 11) is 2.71. The Morgan fingerprint density at radius 1 is 0.872 bits per heavy atom. The molecule has 2 aliphatic rings. The summed E-state index contributed by atoms with van der Waals surface area (Å²) in [5, 5.41) is 63.6. The smallest absolute Gasteiger partial charge is 0.303 e. The summed E-state index contributed by atoms with van der Waals surface area (Å²) in [5.41, 5.74) is -0.162. The van der Waals surface area contributed by atoms with Crippen molar-refractivity contribution in [3.05, 3.63) is 46.6 Å². The predicted octanol–water partition coefficient (Wildman–Crippen LogP) is -0.216. The Hall–Kier alpha value is -4.00. The fraction of sp³-hybridized carbons (Fsp3) is 0.484. The van der Waals surface area contributed by atoms with Crippen LogP contribution in [0.25, 0.3) is 22.3 Å². The van der Waals surface area contributed by atoms with Crippen LogP contribution in [-0.4, -0.2) is 119 Å². The highest BCUT2D eigenvalue weighted by Gasteiger charge is 2.48. The minimum atomic E-state index is -1.83. The number of benzene rings is 2. The number of aliphatic hydroxyl groups is 5. The van der Waals surface area contributed by atoms with E-state index in [1.807, 2.05) is 0 Å². The fourth-order valence-corrected chi connectivity index (χ4v) is 5.41. The molecule has 16 heteroatoms. The van der Waals surface area contributed by atoms with E-state index >= 15 is 0 Å². The van der Waals surface area contributed by atoms with Gasteiger partial charge in [-0.15, -0.1) is 0 Å². The van der Waals surface area contributed by atoms with Gasteiger partial charge in [0.05, 0.1) is 26.9 Å². The van der Waals surface area contributed by atoms with E-state index in [-0.39, 0.29) is 28.2 Å². The molecule has 2 aromatic carbocycles. The van der Waals surface area contributed by atoms with E-state index in [0.717, 1.165) is 6.92 Å². The summed E-state index contributed by atoms with van der Waals surface area (Å²) in [4.78, 5) is 24.4. The van der Waals surface area contributed by atoms with Crippen LogP contribution in [0.5, 0.6) is 23.0 Å². The van der Waals surface area contributed by atoms with Crippen LogP contribution < -0.4 is 19.6 Å². The Morgan fingerprint density at radius 3 is 2.19 bits per heavy atom. The van der Waals surface area contributed by atoms with Gasteiger partial charge in [0.15, 0.2) is 29.3 Å². The monoisotopic (exact) mass is 664 g/mol. The van der Waals surface area contributed by atoms with Crippen LogP contribution in [-0.2, 0) is 23.7 Å². The third kappa shape index (κ3) is 6.86. The molecule has 0 radical (unpaired) electrons. The molecular weight excluding hydrogens is 628 g/mol. The molecule has 3 aromatic rings. The maximum Gasteiger partial charge on any atom is 0.303 e. The van der Waals surface area contributed by atoms with Gasteiger partial charge in [-0.05, 0) is 31.2 Å². The first kappa shape index (κ1) is 34.3. The summed E-state index contributed by atoms with van der Waals surface area (Å²) in [6.45, 7) is 2.09. The van der Waals surface area contributed by atoms with Crippen LogP contribution in [0.2, 0.25) is 0 Å². The van der Waals surface area contributed by atoms with E-state index in [2.05, 4.69) is 0 Å². The number of hydrogen-bond donors (Lipinski definition) is 6.